The average molecular weight is 459 g/mol. The molecule has 0 saturated carbocycles. The van der Waals surface area contributed by atoms with E-state index in [2.05, 4.69) is 43.9 Å². The van der Waals surface area contributed by atoms with Crippen molar-refractivity contribution >= 4 is 33.7 Å². The van der Waals surface area contributed by atoms with Gasteiger partial charge in [-0.25, -0.2) is 19.3 Å². The summed E-state index contributed by atoms with van der Waals surface area (Å²) in [6, 6.07) is 10.6. The fourth-order valence-corrected chi connectivity index (χ4v) is 4.13. The van der Waals surface area contributed by atoms with Crippen LogP contribution in [0.3, 0.4) is 0 Å². The van der Waals surface area contributed by atoms with E-state index in [4.69, 9.17) is 10.7 Å². The number of rotatable bonds is 6. The van der Waals surface area contributed by atoms with Crippen LogP contribution in [0.25, 0.3) is 33.2 Å². The van der Waals surface area contributed by atoms with Crippen molar-refractivity contribution in [2.45, 2.75) is 26.3 Å². The van der Waals surface area contributed by atoms with Crippen LogP contribution in [-0.2, 0) is 6.42 Å². The number of nitrogens with one attached hydrogen (secondary N) is 2. The van der Waals surface area contributed by atoms with E-state index < -0.39 is 5.82 Å². The molecule has 0 bridgehead atoms. The maximum atomic E-state index is 13.1. The number of nitrogens with zero attached hydrogens (tertiary/aromatic N) is 5. The van der Waals surface area contributed by atoms with Crippen LogP contribution in [0.1, 0.15) is 36.2 Å². The number of fused-ring (bicyclic) bond motifs is 3. The Morgan fingerprint density at radius 1 is 1.21 bits per heavy atom. The molecular formula is C24H23FN8O. The molecule has 9 nitrogen and oxygen atoms in total. The number of carbonyl (C=O) groups is 1. The highest BCUT2D eigenvalue weighted by atomic mass is 19.1. The number of anilines is 1. The Bertz CT molecular complexity index is 1490. The smallest absolute Gasteiger partial charge is 0.269 e. The fourth-order valence-electron chi connectivity index (χ4n) is 4.13. The second-order valence-corrected chi connectivity index (χ2v) is 8.26. The Hall–Kier alpha value is -4.34. The van der Waals surface area contributed by atoms with Crippen LogP contribution in [0.4, 0.5) is 10.2 Å². The molecule has 0 radical (unpaired) electrons. The molecule has 4 N–H and O–H groups in total. The van der Waals surface area contributed by atoms with Gasteiger partial charge in [0.25, 0.3) is 5.91 Å². The molecule has 0 atom stereocenters. The summed E-state index contributed by atoms with van der Waals surface area (Å²) in [6.45, 7) is 4.49. The molecule has 172 valence electrons. The van der Waals surface area contributed by atoms with Gasteiger partial charge in [-0.15, -0.1) is 0 Å². The Labute approximate surface area is 194 Å². The normalized spacial score (nSPS) is 11.5. The quantitative estimate of drug-likeness (QED) is 0.356. The van der Waals surface area contributed by atoms with Gasteiger partial charge in [-0.05, 0) is 44.2 Å². The van der Waals surface area contributed by atoms with Gasteiger partial charge in [0.1, 0.15) is 22.9 Å². The molecule has 0 aliphatic heterocycles. The molecule has 0 spiro atoms. The second kappa shape index (κ2) is 8.54. The highest BCUT2D eigenvalue weighted by Gasteiger charge is 2.20. The van der Waals surface area contributed by atoms with Gasteiger partial charge in [0, 0.05) is 36.2 Å². The minimum atomic E-state index is -0.489. The number of hydrogen-bond acceptors (Lipinski definition) is 6. The standard InChI is InChI=1S/C24H23FN8O/c1-13(2)33-20(8-9-27-24(34)18-6-4-15(25)12-28-18)31-21-22(33)16-5-3-14(17-7-10-29-32-17)11-19(16)30-23(21)26/h3-7,10-13H,8-9H2,1-2H3,(H2,26,30)(H,27,34)(H,29,32). The molecule has 0 unspecified atom stereocenters. The molecule has 1 aromatic carbocycles. The molecule has 4 heterocycles. The molecule has 10 heteroatoms. The lowest BCUT2D eigenvalue weighted by atomic mass is 10.1. The third kappa shape index (κ3) is 3.83. The van der Waals surface area contributed by atoms with Crippen molar-refractivity contribution in [3.8, 4) is 11.3 Å². The third-order valence-corrected chi connectivity index (χ3v) is 5.64. The van der Waals surface area contributed by atoms with E-state index in [1.165, 1.54) is 12.1 Å². The topological polar surface area (TPSA) is 127 Å². The molecule has 0 aliphatic carbocycles. The molecule has 1 amide bonds. The minimum Gasteiger partial charge on any atom is -0.382 e. The van der Waals surface area contributed by atoms with Crippen molar-refractivity contribution in [2.24, 2.45) is 0 Å². The zero-order valence-corrected chi connectivity index (χ0v) is 18.7. The molecule has 4 aromatic heterocycles. The predicted molar refractivity (Wildman–Crippen MR) is 128 cm³/mol. The summed E-state index contributed by atoms with van der Waals surface area (Å²) in [5, 5.41) is 10.7. The van der Waals surface area contributed by atoms with E-state index in [1.54, 1.807) is 6.20 Å². The van der Waals surface area contributed by atoms with Gasteiger partial charge >= 0.3 is 0 Å². The summed E-state index contributed by atoms with van der Waals surface area (Å²) in [5.41, 5.74) is 10.7. The molecule has 0 saturated heterocycles. The van der Waals surface area contributed by atoms with Gasteiger partial charge in [0.15, 0.2) is 5.82 Å². The SMILES string of the molecule is CC(C)n1c(CCNC(=O)c2ccc(F)cn2)nc2c(N)nc3cc(-c4ccn[nH]4)ccc3c21. The van der Waals surface area contributed by atoms with E-state index in [-0.39, 0.29) is 17.6 Å². The number of H-pyrrole nitrogens is 1. The molecule has 5 rings (SSSR count). The summed E-state index contributed by atoms with van der Waals surface area (Å²) in [6.07, 6.45) is 3.20. The van der Waals surface area contributed by atoms with Crippen molar-refractivity contribution < 1.29 is 9.18 Å². The van der Waals surface area contributed by atoms with Gasteiger partial charge in [-0.1, -0.05) is 6.07 Å². The lowest BCUT2D eigenvalue weighted by molar-refractivity contribution is 0.0949. The van der Waals surface area contributed by atoms with Crippen LogP contribution < -0.4 is 11.1 Å². The zero-order chi connectivity index (χ0) is 23.8. The highest BCUT2D eigenvalue weighted by molar-refractivity contribution is 6.07. The molecule has 0 aliphatic rings. The fraction of sp³-hybridized carbons (Fsp3) is 0.208. The van der Waals surface area contributed by atoms with Gasteiger partial charge in [-0.2, -0.15) is 5.10 Å². The molecular weight excluding hydrogens is 435 g/mol. The summed E-state index contributed by atoms with van der Waals surface area (Å²) < 4.78 is 15.2. The first-order chi connectivity index (χ1) is 16.4. The summed E-state index contributed by atoms with van der Waals surface area (Å²) in [7, 11) is 0. The highest BCUT2D eigenvalue weighted by Crippen LogP contribution is 2.33. The number of halogens is 1. The van der Waals surface area contributed by atoms with Crippen molar-refractivity contribution in [1.29, 1.82) is 0 Å². The van der Waals surface area contributed by atoms with Gasteiger partial charge in [0.05, 0.1) is 22.9 Å². The Morgan fingerprint density at radius 3 is 2.76 bits per heavy atom. The van der Waals surface area contributed by atoms with Crippen LogP contribution in [0.2, 0.25) is 0 Å². The number of carbonyl (C=O) groups excluding carboxylic acids is 1. The first-order valence-corrected chi connectivity index (χ1v) is 10.9. The summed E-state index contributed by atoms with van der Waals surface area (Å²) >= 11 is 0. The Balaban J connectivity index is 1.49. The van der Waals surface area contributed by atoms with Crippen molar-refractivity contribution in [3.05, 3.63) is 66.1 Å². The number of amides is 1. The van der Waals surface area contributed by atoms with E-state index in [0.717, 1.165) is 39.7 Å². The number of nitrogen functional groups attached to an aromatic ring is 1. The van der Waals surface area contributed by atoms with Gasteiger partial charge in [0.2, 0.25) is 0 Å². The minimum absolute atomic E-state index is 0.103. The molecule has 34 heavy (non-hydrogen) atoms. The van der Waals surface area contributed by atoms with Crippen molar-refractivity contribution in [2.75, 3.05) is 12.3 Å². The maximum absolute atomic E-state index is 13.1. The number of nitrogens with two attached hydrogens (primary N) is 1. The first kappa shape index (κ1) is 21.5. The maximum Gasteiger partial charge on any atom is 0.269 e. The number of pyridine rings is 2. The number of imidazole rings is 1. The third-order valence-electron chi connectivity index (χ3n) is 5.64. The van der Waals surface area contributed by atoms with E-state index in [1.807, 2.05) is 24.3 Å². The van der Waals surface area contributed by atoms with E-state index >= 15 is 0 Å². The monoisotopic (exact) mass is 458 g/mol. The van der Waals surface area contributed by atoms with E-state index in [0.29, 0.717) is 24.3 Å². The largest absolute Gasteiger partial charge is 0.382 e. The Kier molecular flexibility index (Phi) is 5.40. The molecule has 0 fully saturated rings. The number of hydrogen-bond donors (Lipinski definition) is 3. The number of aromatic nitrogens is 6. The lowest BCUT2D eigenvalue weighted by Gasteiger charge is -2.15. The van der Waals surface area contributed by atoms with E-state index in [9.17, 15) is 9.18 Å². The van der Waals surface area contributed by atoms with Crippen LogP contribution >= 0.6 is 0 Å². The van der Waals surface area contributed by atoms with Crippen LogP contribution in [0.5, 0.6) is 0 Å². The van der Waals surface area contributed by atoms with Gasteiger partial charge < -0.3 is 15.6 Å². The summed E-state index contributed by atoms with van der Waals surface area (Å²) in [4.78, 5) is 25.5. The first-order valence-electron chi connectivity index (χ1n) is 10.9. The zero-order valence-electron chi connectivity index (χ0n) is 18.7. The number of aromatic amines is 1. The van der Waals surface area contributed by atoms with Gasteiger partial charge in [-0.3, -0.25) is 9.89 Å². The predicted octanol–water partition coefficient (Wildman–Crippen LogP) is 3.64. The average Bonchev–Trinajstić information content (AvgIpc) is 3.48. The van der Waals surface area contributed by atoms with Crippen LogP contribution in [0, 0.1) is 5.82 Å². The second-order valence-electron chi connectivity index (χ2n) is 8.26. The number of benzene rings is 1. The van der Waals surface area contributed by atoms with Crippen LogP contribution in [0.15, 0.2) is 48.8 Å². The van der Waals surface area contributed by atoms with Crippen molar-refractivity contribution in [1.82, 2.24) is 35.0 Å². The van der Waals surface area contributed by atoms with Crippen LogP contribution in [-0.4, -0.2) is 42.2 Å². The van der Waals surface area contributed by atoms with Crippen molar-refractivity contribution in [3.63, 3.8) is 0 Å². The Morgan fingerprint density at radius 2 is 2.06 bits per heavy atom. The lowest BCUT2D eigenvalue weighted by Crippen LogP contribution is -2.27. The summed E-state index contributed by atoms with van der Waals surface area (Å²) in [5.74, 6) is 0.281. The molecule has 5 aromatic rings.